The minimum Gasteiger partial charge on any atom is -0.483 e. The first-order valence-electron chi connectivity index (χ1n) is 6.06. The minimum atomic E-state index is -0.278. The number of amides is 1. The van der Waals surface area contributed by atoms with Gasteiger partial charge in [0.25, 0.3) is 5.91 Å². The summed E-state index contributed by atoms with van der Waals surface area (Å²) in [5.41, 5.74) is 1.18. The van der Waals surface area contributed by atoms with E-state index in [1.165, 1.54) is 0 Å². The van der Waals surface area contributed by atoms with Crippen molar-refractivity contribution in [1.29, 1.82) is 0 Å². The first kappa shape index (κ1) is 14.4. The molecule has 104 valence electrons. The van der Waals surface area contributed by atoms with Gasteiger partial charge in [0, 0.05) is 16.3 Å². The van der Waals surface area contributed by atoms with Crippen LogP contribution in [-0.4, -0.2) is 17.6 Å². The zero-order valence-corrected chi connectivity index (χ0v) is 11.4. The van der Waals surface area contributed by atoms with Crippen LogP contribution in [0.1, 0.15) is 5.56 Å². The fourth-order valence-corrected chi connectivity index (χ4v) is 1.92. The van der Waals surface area contributed by atoms with Gasteiger partial charge in [-0.3, -0.25) is 4.79 Å². The van der Waals surface area contributed by atoms with E-state index in [0.29, 0.717) is 22.0 Å². The van der Waals surface area contributed by atoms with Gasteiger partial charge >= 0.3 is 0 Å². The van der Waals surface area contributed by atoms with Crippen LogP contribution in [0.2, 0.25) is 5.02 Å². The van der Waals surface area contributed by atoms with Crippen molar-refractivity contribution in [3.8, 4) is 5.75 Å². The topological polar surface area (TPSA) is 58.6 Å². The highest BCUT2D eigenvalue weighted by Gasteiger charge is 2.09. The molecule has 0 spiro atoms. The minimum absolute atomic E-state index is 0.151. The Balaban J connectivity index is 1.95. The highest BCUT2D eigenvalue weighted by molar-refractivity contribution is 6.31. The molecule has 0 atom stereocenters. The molecule has 5 heteroatoms. The maximum Gasteiger partial charge on any atom is 0.262 e. The highest BCUT2D eigenvalue weighted by Crippen LogP contribution is 2.26. The summed E-state index contributed by atoms with van der Waals surface area (Å²) in [5.74, 6) is 0.128. The molecule has 0 aliphatic heterocycles. The van der Waals surface area contributed by atoms with E-state index in [-0.39, 0.29) is 19.1 Å². The van der Waals surface area contributed by atoms with Crippen molar-refractivity contribution in [2.75, 3.05) is 11.9 Å². The second kappa shape index (κ2) is 6.93. The molecule has 2 aromatic rings. The lowest BCUT2D eigenvalue weighted by Gasteiger charge is -2.11. The maximum atomic E-state index is 11.7. The molecular formula is C15H14ClNO3. The third-order valence-corrected chi connectivity index (χ3v) is 3.00. The van der Waals surface area contributed by atoms with E-state index in [1.54, 1.807) is 30.3 Å². The third kappa shape index (κ3) is 3.73. The Morgan fingerprint density at radius 1 is 1.15 bits per heavy atom. The smallest absolute Gasteiger partial charge is 0.262 e. The number of hydrogen-bond acceptors (Lipinski definition) is 3. The third-order valence-electron chi connectivity index (χ3n) is 2.65. The van der Waals surface area contributed by atoms with Crippen LogP contribution in [0.15, 0.2) is 48.5 Å². The Hall–Kier alpha value is -2.04. The van der Waals surface area contributed by atoms with Crippen molar-refractivity contribution < 1.29 is 14.6 Å². The number of nitrogens with one attached hydrogen (secondary N) is 1. The summed E-state index contributed by atoms with van der Waals surface area (Å²) in [5, 5.41) is 12.4. The molecule has 0 aromatic heterocycles. The summed E-state index contributed by atoms with van der Waals surface area (Å²) < 4.78 is 5.39. The number of benzene rings is 2. The van der Waals surface area contributed by atoms with E-state index in [0.717, 1.165) is 0 Å². The standard InChI is InChI=1S/C15H14ClNO3/c16-13-7-4-8-14(12(13)9-18)20-10-15(19)17-11-5-2-1-3-6-11/h1-8,18H,9-10H2,(H,17,19). The molecule has 4 nitrogen and oxygen atoms in total. The van der Waals surface area contributed by atoms with E-state index < -0.39 is 0 Å². The SMILES string of the molecule is O=C(COc1cccc(Cl)c1CO)Nc1ccccc1. The summed E-state index contributed by atoms with van der Waals surface area (Å²) in [6, 6.07) is 14.1. The van der Waals surface area contributed by atoms with E-state index in [1.807, 2.05) is 18.2 Å². The molecule has 1 amide bonds. The average molecular weight is 292 g/mol. The van der Waals surface area contributed by atoms with Crippen molar-refractivity contribution in [2.45, 2.75) is 6.61 Å². The summed E-state index contributed by atoms with van der Waals surface area (Å²) in [7, 11) is 0. The van der Waals surface area contributed by atoms with Crippen LogP contribution >= 0.6 is 11.6 Å². The summed E-state index contributed by atoms with van der Waals surface area (Å²) in [4.78, 5) is 11.7. The Bertz CT molecular complexity index is 587. The molecule has 0 bridgehead atoms. The first-order chi connectivity index (χ1) is 9.70. The number of rotatable bonds is 5. The van der Waals surface area contributed by atoms with Gasteiger partial charge in [0.2, 0.25) is 0 Å². The number of carbonyl (C=O) groups is 1. The molecule has 0 aliphatic rings. The van der Waals surface area contributed by atoms with Crippen molar-refractivity contribution in [3.63, 3.8) is 0 Å². The lowest BCUT2D eigenvalue weighted by atomic mass is 10.2. The lowest BCUT2D eigenvalue weighted by Crippen LogP contribution is -2.20. The van der Waals surface area contributed by atoms with Crippen molar-refractivity contribution in [2.24, 2.45) is 0 Å². The number of para-hydroxylation sites is 1. The molecule has 0 heterocycles. The maximum absolute atomic E-state index is 11.7. The summed E-state index contributed by atoms with van der Waals surface area (Å²) in [6.07, 6.45) is 0. The van der Waals surface area contributed by atoms with E-state index in [9.17, 15) is 9.90 Å². The predicted molar refractivity (Wildman–Crippen MR) is 77.9 cm³/mol. The van der Waals surface area contributed by atoms with Gasteiger partial charge in [-0.2, -0.15) is 0 Å². The lowest BCUT2D eigenvalue weighted by molar-refractivity contribution is -0.118. The van der Waals surface area contributed by atoms with Crippen LogP contribution in [0.5, 0.6) is 5.75 Å². The van der Waals surface area contributed by atoms with Gasteiger partial charge in [0.1, 0.15) is 5.75 Å². The van der Waals surface area contributed by atoms with Crippen LogP contribution in [0.4, 0.5) is 5.69 Å². The van der Waals surface area contributed by atoms with E-state index in [4.69, 9.17) is 16.3 Å². The Morgan fingerprint density at radius 3 is 2.60 bits per heavy atom. The molecular weight excluding hydrogens is 278 g/mol. The van der Waals surface area contributed by atoms with Gasteiger partial charge in [-0.25, -0.2) is 0 Å². The zero-order valence-electron chi connectivity index (χ0n) is 10.7. The van der Waals surface area contributed by atoms with Crippen molar-refractivity contribution >= 4 is 23.2 Å². The van der Waals surface area contributed by atoms with Crippen LogP contribution in [0.25, 0.3) is 0 Å². The number of carbonyl (C=O) groups excluding carboxylic acids is 1. The molecule has 0 saturated heterocycles. The second-order valence-corrected chi connectivity index (χ2v) is 4.48. The molecule has 20 heavy (non-hydrogen) atoms. The average Bonchev–Trinajstić information content (AvgIpc) is 2.46. The Kier molecular flexibility index (Phi) is 4.98. The monoisotopic (exact) mass is 291 g/mol. The number of halogens is 1. The summed E-state index contributed by atoms with van der Waals surface area (Å²) >= 11 is 5.93. The molecule has 0 saturated carbocycles. The number of anilines is 1. The molecule has 0 radical (unpaired) electrons. The normalized spacial score (nSPS) is 10.1. The van der Waals surface area contributed by atoms with Gasteiger partial charge in [-0.1, -0.05) is 35.9 Å². The fraction of sp³-hybridized carbons (Fsp3) is 0.133. The van der Waals surface area contributed by atoms with Gasteiger partial charge in [-0.05, 0) is 24.3 Å². The van der Waals surface area contributed by atoms with Gasteiger partial charge in [0.15, 0.2) is 6.61 Å². The van der Waals surface area contributed by atoms with Gasteiger partial charge in [-0.15, -0.1) is 0 Å². The Labute approximate surface area is 122 Å². The fourth-order valence-electron chi connectivity index (χ4n) is 1.69. The number of aliphatic hydroxyl groups excluding tert-OH is 1. The molecule has 2 rings (SSSR count). The van der Waals surface area contributed by atoms with Crippen molar-refractivity contribution in [3.05, 3.63) is 59.1 Å². The summed E-state index contributed by atoms with van der Waals surface area (Å²) in [6.45, 7) is -0.391. The highest BCUT2D eigenvalue weighted by atomic mass is 35.5. The molecule has 2 aromatic carbocycles. The number of hydrogen-bond donors (Lipinski definition) is 2. The second-order valence-electron chi connectivity index (χ2n) is 4.08. The number of ether oxygens (including phenoxy) is 1. The van der Waals surface area contributed by atoms with Crippen LogP contribution < -0.4 is 10.1 Å². The quantitative estimate of drug-likeness (QED) is 0.890. The predicted octanol–water partition coefficient (Wildman–Crippen LogP) is 2.85. The van der Waals surface area contributed by atoms with Gasteiger partial charge < -0.3 is 15.2 Å². The van der Waals surface area contributed by atoms with Crippen LogP contribution in [-0.2, 0) is 11.4 Å². The van der Waals surface area contributed by atoms with Crippen LogP contribution in [0.3, 0.4) is 0 Å². The Morgan fingerprint density at radius 2 is 1.90 bits per heavy atom. The molecule has 0 unspecified atom stereocenters. The molecule has 0 fully saturated rings. The zero-order chi connectivity index (χ0) is 14.4. The van der Waals surface area contributed by atoms with Gasteiger partial charge in [0.05, 0.1) is 6.61 Å². The first-order valence-corrected chi connectivity index (χ1v) is 6.44. The van der Waals surface area contributed by atoms with E-state index >= 15 is 0 Å². The molecule has 0 aliphatic carbocycles. The van der Waals surface area contributed by atoms with E-state index in [2.05, 4.69) is 5.32 Å². The molecule has 2 N–H and O–H groups in total. The number of aliphatic hydroxyl groups is 1. The largest absolute Gasteiger partial charge is 0.483 e. The van der Waals surface area contributed by atoms with Crippen molar-refractivity contribution in [1.82, 2.24) is 0 Å². The van der Waals surface area contributed by atoms with Crippen LogP contribution in [0, 0.1) is 0 Å².